The van der Waals surface area contributed by atoms with Crippen molar-refractivity contribution in [3.8, 4) is 0 Å². The van der Waals surface area contributed by atoms with Crippen LogP contribution in [0.4, 0.5) is 5.69 Å². The number of rotatable bonds is 4. The van der Waals surface area contributed by atoms with E-state index in [-0.39, 0.29) is 5.91 Å². The molecule has 2 atom stereocenters. The van der Waals surface area contributed by atoms with Crippen LogP contribution < -0.4 is 4.90 Å². The fourth-order valence-corrected chi connectivity index (χ4v) is 3.56. The number of benzene rings is 1. The van der Waals surface area contributed by atoms with Gasteiger partial charge in [-0.15, -0.1) is 0 Å². The summed E-state index contributed by atoms with van der Waals surface area (Å²) < 4.78 is 5.19. The molecule has 2 saturated heterocycles. The first-order chi connectivity index (χ1) is 9.81. The summed E-state index contributed by atoms with van der Waals surface area (Å²) in [6.45, 7) is 2.80. The number of nitrogens with zero attached hydrogens (tertiary/aromatic N) is 2. The van der Waals surface area contributed by atoms with Gasteiger partial charge in [-0.25, -0.2) is 0 Å². The molecule has 108 valence electrons. The average molecular weight is 274 g/mol. The van der Waals surface area contributed by atoms with E-state index in [1.807, 2.05) is 35.2 Å². The second kappa shape index (κ2) is 5.94. The molecule has 0 spiro atoms. The summed E-state index contributed by atoms with van der Waals surface area (Å²) in [7, 11) is 1.74. The molecular weight excluding hydrogens is 252 g/mol. The van der Waals surface area contributed by atoms with E-state index in [2.05, 4.69) is 4.90 Å². The molecule has 2 aliphatic heterocycles. The number of hydrogen-bond donors (Lipinski definition) is 0. The van der Waals surface area contributed by atoms with Gasteiger partial charge < -0.3 is 9.64 Å². The van der Waals surface area contributed by atoms with Crippen LogP contribution in [0.15, 0.2) is 30.3 Å². The van der Waals surface area contributed by atoms with Crippen molar-refractivity contribution in [2.24, 2.45) is 0 Å². The number of para-hydroxylation sites is 1. The van der Waals surface area contributed by atoms with E-state index in [9.17, 15) is 4.79 Å². The molecule has 1 aromatic carbocycles. The number of amides is 1. The van der Waals surface area contributed by atoms with Gasteiger partial charge in [0.15, 0.2) is 0 Å². The Morgan fingerprint density at radius 1 is 1.20 bits per heavy atom. The van der Waals surface area contributed by atoms with Crippen LogP contribution >= 0.6 is 0 Å². The van der Waals surface area contributed by atoms with Gasteiger partial charge in [0.05, 0.1) is 12.6 Å². The molecule has 0 unspecified atom stereocenters. The maximum atomic E-state index is 12.3. The Hall–Kier alpha value is -1.39. The zero-order valence-corrected chi connectivity index (χ0v) is 12.0. The predicted molar refractivity (Wildman–Crippen MR) is 78.8 cm³/mol. The average Bonchev–Trinajstić information content (AvgIpc) is 2.89. The highest BCUT2D eigenvalue weighted by Gasteiger charge is 2.43. The number of carbonyl (C=O) groups is 1. The standard InChI is InChI=1S/C16H22N2O2/c1-20-12-11-17-10-9-15-14(17)7-8-16(19)18(15)13-5-3-2-4-6-13/h2-6,14-15H,7-12H2,1H3/t14-,15-/m0/s1. The number of fused-ring (bicyclic) bond motifs is 1. The zero-order chi connectivity index (χ0) is 13.9. The highest BCUT2D eigenvalue weighted by Crippen LogP contribution is 2.34. The van der Waals surface area contributed by atoms with E-state index in [1.54, 1.807) is 7.11 Å². The maximum absolute atomic E-state index is 12.3. The first kappa shape index (κ1) is 13.6. The highest BCUT2D eigenvalue weighted by molar-refractivity contribution is 5.95. The van der Waals surface area contributed by atoms with Gasteiger partial charge in [-0.1, -0.05) is 18.2 Å². The molecule has 20 heavy (non-hydrogen) atoms. The van der Waals surface area contributed by atoms with Crippen LogP contribution in [0.5, 0.6) is 0 Å². The number of piperidine rings is 1. The van der Waals surface area contributed by atoms with Crippen LogP contribution in [0.25, 0.3) is 0 Å². The molecule has 4 heteroatoms. The first-order valence-corrected chi connectivity index (χ1v) is 7.41. The van der Waals surface area contributed by atoms with E-state index in [0.717, 1.165) is 38.2 Å². The van der Waals surface area contributed by atoms with Crippen molar-refractivity contribution in [3.05, 3.63) is 30.3 Å². The monoisotopic (exact) mass is 274 g/mol. The molecule has 0 radical (unpaired) electrons. The summed E-state index contributed by atoms with van der Waals surface area (Å²) in [4.78, 5) is 16.9. The predicted octanol–water partition coefficient (Wildman–Crippen LogP) is 1.90. The van der Waals surface area contributed by atoms with Crippen molar-refractivity contribution >= 4 is 11.6 Å². The van der Waals surface area contributed by atoms with E-state index < -0.39 is 0 Å². The van der Waals surface area contributed by atoms with Crippen LogP contribution in [-0.2, 0) is 9.53 Å². The molecule has 4 nitrogen and oxygen atoms in total. The molecule has 0 aromatic heterocycles. The van der Waals surface area contributed by atoms with Gasteiger partial charge in [0.2, 0.25) is 5.91 Å². The van der Waals surface area contributed by atoms with E-state index in [1.165, 1.54) is 0 Å². The summed E-state index contributed by atoms with van der Waals surface area (Å²) in [5.74, 6) is 0.269. The van der Waals surface area contributed by atoms with Crippen LogP contribution in [0.1, 0.15) is 19.3 Å². The third kappa shape index (κ3) is 2.45. The van der Waals surface area contributed by atoms with Crippen LogP contribution in [0.3, 0.4) is 0 Å². The summed E-state index contributed by atoms with van der Waals surface area (Å²) in [5.41, 5.74) is 1.04. The normalized spacial score (nSPS) is 26.9. The SMILES string of the molecule is COCCN1CC[C@H]2[C@@H]1CCC(=O)N2c1ccccc1. The molecule has 2 aliphatic rings. The molecule has 1 aromatic rings. The molecule has 1 amide bonds. The van der Waals surface area contributed by atoms with E-state index in [0.29, 0.717) is 18.5 Å². The van der Waals surface area contributed by atoms with Crippen molar-refractivity contribution in [1.82, 2.24) is 4.90 Å². The van der Waals surface area contributed by atoms with Gasteiger partial charge in [0.25, 0.3) is 0 Å². The van der Waals surface area contributed by atoms with Crippen molar-refractivity contribution < 1.29 is 9.53 Å². The van der Waals surface area contributed by atoms with Crippen LogP contribution in [0, 0.1) is 0 Å². The Kier molecular flexibility index (Phi) is 4.03. The minimum atomic E-state index is 0.269. The van der Waals surface area contributed by atoms with Crippen LogP contribution in [-0.4, -0.2) is 49.7 Å². The molecule has 0 bridgehead atoms. The number of ether oxygens (including phenoxy) is 1. The number of likely N-dealkylation sites (tertiary alicyclic amines) is 1. The Morgan fingerprint density at radius 3 is 2.75 bits per heavy atom. The lowest BCUT2D eigenvalue weighted by Crippen LogP contribution is -2.52. The molecule has 0 aliphatic carbocycles. The van der Waals surface area contributed by atoms with Gasteiger partial charge in [0, 0.05) is 38.3 Å². The Labute approximate surface area is 120 Å². The Balaban J connectivity index is 1.79. The number of hydrogen-bond acceptors (Lipinski definition) is 3. The van der Waals surface area contributed by atoms with Crippen molar-refractivity contribution in [2.75, 3.05) is 31.7 Å². The van der Waals surface area contributed by atoms with Crippen molar-refractivity contribution in [2.45, 2.75) is 31.3 Å². The third-order valence-electron chi connectivity index (χ3n) is 4.50. The summed E-state index contributed by atoms with van der Waals surface area (Å²) >= 11 is 0. The van der Waals surface area contributed by atoms with Crippen molar-refractivity contribution in [1.29, 1.82) is 0 Å². The fraction of sp³-hybridized carbons (Fsp3) is 0.562. The number of methoxy groups -OCH3 is 1. The van der Waals surface area contributed by atoms with Crippen molar-refractivity contribution in [3.63, 3.8) is 0 Å². The second-order valence-electron chi connectivity index (χ2n) is 5.59. The highest BCUT2D eigenvalue weighted by atomic mass is 16.5. The smallest absolute Gasteiger partial charge is 0.227 e. The first-order valence-electron chi connectivity index (χ1n) is 7.41. The van der Waals surface area contributed by atoms with E-state index >= 15 is 0 Å². The lowest BCUT2D eigenvalue weighted by molar-refractivity contribution is -0.120. The number of anilines is 1. The third-order valence-corrected chi connectivity index (χ3v) is 4.50. The molecule has 2 heterocycles. The number of carbonyl (C=O) groups excluding carboxylic acids is 1. The molecular formula is C16H22N2O2. The van der Waals surface area contributed by atoms with E-state index in [4.69, 9.17) is 4.74 Å². The van der Waals surface area contributed by atoms with Crippen LogP contribution in [0.2, 0.25) is 0 Å². The van der Waals surface area contributed by atoms with Gasteiger partial charge in [0.1, 0.15) is 0 Å². The fourth-order valence-electron chi connectivity index (χ4n) is 3.56. The summed E-state index contributed by atoms with van der Waals surface area (Å²) in [6, 6.07) is 10.9. The largest absolute Gasteiger partial charge is 0.383 e. The maximum Gasteiger partial charge on any atom is 0.227 e. The lowest BCUT2D eigenvalue weighted by atomic mass is 9.95. The van der Waals surface area contributed by atoms with Gasteiger partial charge in [-0.05, 0) is 25.0 Å². The Morgan fingerprint density at radius 2 is 2.00 bits per heavy atom. The Bertz CT molecular complexity index is 463. The minimum Gasteiger partial charge on any atom is -0.383 e. The van der Waals surface area contributed by atoms with Gasteiger partial charge in [-0.2, -0.15) is 0 Å². The van der Waals surface area contributed by atoms with Gasteiger partial charge >= 0.3 is 0 Å². The molecule has 3 rings (SSSR count). The minimum absolute atomic E-state index is 0.269. The molecule has 0 N–H and O–H groups in total. The summed E-state index contributed by atoms with van der Waals surface area (Å²) in [5, 5.41) is 0. The lowest BCUT2D eigenvalue weighted by Gasteiger charge is -2.39. The zero-order valence-electron chi connectivity index (χ0n) is 12.0. The molecule has 2 fully saturated rings. The molecule has 0 saturated carbocycles. The van der Waals surface area contributed by atoms with Gasteiger partial charge in [-0.3, -0.25) is 9.69 Å². The second-order valence-corrected chi connectivity index (χ2v) is 5.59. The summed E-state index contributed by atoms with van der Waals surface area (Å²) in [6.07, 6.45) is 2.70. The quantitative estimate of drug-likeness (QED) is 0.840. The topological polar surface area (TPSA) is 32.8 Å².